The SMILES string of the molecule is C=CCN1NC(O[C@@H]2c3cc(C#N)ccc3C(=O)C(C)(C)[C@H]2O)=CC=C1O. The zero-order chi connectivity index (χ0) is 19.8. The van der Waals surface area contributed by atoms with Gasteiger partial charge in [0.05, 0.1) is 23.6 Å². The minimum absolute atomic E-state index is 0.00545. The molecule has 0 radical (unpaired) electrons. The molecular formula is C20H21N3O4. The molecule has 0 bridgehead atoms. The number of Topliss-reactive ketones (excluding diaryl/α,β-unsaturated/α-hetero) is 1. The quantitative estimate of drug-likeness (QED) is 0.702. The highest BCUT2D eigenvalue weighted by atomic mass is 16.5. The Morgan fingerprint density at radius 2 is 2.19 bits per heavy atom. The van der Waals surface area contributed by atoms with Gasteiger partial charge in [-0.1, -0.05) is 6.08 Å². The fraction of sp³-hybridized carbons (Fsp3) is 0.300. The second-order valence-corrected chi connectivity index (χ2v) is 7.01. The number of ketones is 1. The van der Waals surface area contributed by atoms with Gasteiger partial charge in [0.25, 0.3) is 0 Å². The van der Waals surface area contributed by atoms with Gasteiger partial charge in [0.1, 0.15) is 6.10 Å². The number of hydrogen-bond acceptors (Lipinski definition) is 7. The Morgan fingerprint density at radius 1 is 1.44 bits per heavy atom. The molecule has 1 aromatic carbocycles. The maximum absolute atomic E-state index is 12.8. The zero-order valence-electron chi connectivity index (χ0n) is 15.1. The summed E-state index contributed by atoms with van der Waals surface area (Å²) in [6.07, 6.45) is 2.60. The van der Waals surface area contributed by atoms with Crippen LogP contribution < -0.4 is 5.43 Å². The van der Waals surface area contributed by atoms with Crippen LogP contribution in [-0.4, -0.2) is 33.7 Å². The number of nitrogens with one attached hydrogen (secondary N) is 1. The Morgan fingerprint density at radius 3 is 2.85 bits per heavy atom. The van der Waals surface area contributed by atoms with Crippen LogP contribution in [0, 0.1) is 16.7 Å². The van der Waals surface area contributed by atoms with E-state index in [9.17, 15) is 20.3 Å². The second-order valence-electron chi connectivity index (χ2n) is 7.01. The van der Waals surface area contributed by atoms with E-state index in [4.69, 9.17) is 4.74 Å². The topological polar surface area (TPSA) is 106 Å². The molecule has 0 saturated carbocycles. The standard InChI is InChI=1S/C20H21N3O4/c1-4-9-23-16(24)8-7-15(22-23)27-17-14-10-12(11-21)5-6-13(14)18(25)20(2,3)19(17)26/h4-8,10,17,19,22,24,26H,1,9H2,2-3H3/t17-,19+/m1/s1. The summed E-state index contributed by atoms with van der Waals surface area (Å²) in [5.74, 6) is 0.0806. The highest BCUT2D eigenvalue weighted by Crippen LogP contribution is 2.43. The summed E-state index contributed by atoms with van der Waals surface area (Å²) in [4.78, 5) is 12.8. The van der Waals surface area contributed by atoms with Gasteiger partial charge in [0, 0.05) is 23.3 Å². The molecule has 2 atom stereocenters. The number of hydrazine groups is 1. The fourth-order valence-corrected chi connectivity index (χ4v) is 3.17. The molecule has 3 N–H and O–H groups in total. The van der Waals surface area contributed by atoms with Crippen LogP contribution in [0.1, 0.15) is 41.4 Å². The number of ether oxygens (including phenoxy) is 1. The van der Waals surface area contributed by atoms with Gasteiger partial charge in [0.15, 0.2) is 11.9 Å². The number of rotatable bonds is 4. The van der Waals surface area contributed by atoms with Gasteiger partial charge in [-0.05, 0) is 32.0 Å². The predicted octanol–water partition coefficient (Wildman–Crippen LogP) is 2.45. The normalized spacial score (nSPS) is 23.3. The van der Waals surface area contributed by atoms with Gasteiger partial charge in [-0.15, -0.1) is 6.58 Å². The fourth-order valence-electron chi connectivity index (χ4n) is 3.17. The molecule has 0 fully saturated rings. The monoisotopic (exact) mass is 367 g/mol. The van der Waals surface area contributed by atoms with E-state index >= 15 is 0 Å². The molecule has 3 rings (SSSR count). The molecule has 7 nitrogen and oxygen atoms in total. The highest BCUT2D eigenvalue weighted by Gasteiger charge is 2.48. The van der Waals surface area contributed by atoms with Crippen molar-refractivity contribution in [1.29, 1.82) is 5.26 Å². The molecule has 2 aliphatic rings. The summed E-state index contributed by atoms with van der Waals surface area (Å²) < 4.78 is 5.99. The molecule has 0 aromatic heterocycles. The molecule has 0 amide bonds. The van der Waals surface area contributed by atoms with Crippen LogP contribution in [0.2, 0.25) is 0 Å². The maximum atomic E-state index is 12.8. The van der Waals surface area contributed by atoms with E-state index in [1.807, 2.05) is 6.07 Å². The lowest BCUT2D eigenvalue weighted by Crippen LogP contribution is -2.48. The number of nitrogens with zero attached hydrogens (tertiary/aromatic N) is 2. The number of benzene rings is 1. The Bertz CT molecular complexity index is 895. The first-order valence-electron chi connectivity index (χ1n) is 8.49. The van der Waals surface area contributed by atoms with Crippen LogP contribution in [0.3, 0.4) is 0 Å². The average Bonchev–Trinajstić information content (AvgIpc) is 2.66. The molecule has 27 heavy (non-hydrogen) atoms. The number of carbonyl (C=O) groups is 1. The number of nitriles is 1. The van der Waals surface area contributed by atoms with Gasteiger partial charge in [-0.3, -0.25) is 15.2 Å². The van der Waals surface area contributed by atoms with Crippen LogP contribution in [0.25, 0.3) is 0 Å². The average molecular weight is 367 g/mol. The summed E-state index contributed by atoms with van der Waals surface area (Å²) in [6, 6.07) is 6.78. The number of aliphatic hydroxyl groups is 2. The van der Waals surface area contributed by atoms with Crippen LogP contribution in [0.5, 0.6) is 0 Å². The molecule has 0 unspecified atom stereocenters. The van der Waals surface area contributed by atoms with Crippen molar-refractivity contribution in [1.82, 2.24) is 10.4 Å². The van der Waals surface area contributed by atoms with E-state index in [0.29, 0.717) is 23.2 Å². The summed E-state index contributed by atoms with van der Waals surface area (Å²) in [5.41, 5.74) is 3.09. The largest absolute Gasteiger partial charge is 0.494 e. The Hall–Kier alpha value is -3.24. The van der Waals surface area contributed by atoms with Crippen molar-refractivity contribution >= 4 is 5.78 Å². The third-order valence-electron chi connectivity index (χ3n) is 4.81. The van der Waals surface area contributed by atoms with E-state index < -0.39 is 17.6 Å². The van der Waals surface area contributed by atoms with Gasteiger partial charge in [-0.2, -0.15) is 5.26 Å². The first-order chi connectivity index (χ1) is 12.8. The summed E-state index contributed by atoms with van der Waals surface area (Å²) in [7, 11) is 0. The van der Waals surface area contributed by atoms with E-state index in [0.717, 1.165) is 0 Å². The molecule has 1 aliphatic heterocycles. The number of carbonyl (C=O) groups excluding carboxylic acids is 1. The molecule has 140 valence electrons. The molecular weight excluding hydrogens is 346 g/mol. The van der Waals surface area contributed by atoms with Gasteiger partial charge >= 0.3 is 0 Å². The van der Waals surface area contributed by atoms with Crippen molar-refractivity contribution < 1.29 is 19.7 Å². The molecule has 1 aromatic rings. The zero-order valence-corrected chi connectivity index (χ0v) is 15.1. The predicted molar refractivity (Wildman–Crippen MR) is 97.9 cm³/mol. The first-order valence-corrected chi connectivity index (χ1v) is 8.49. The summed E-state index contributed by atoms with van der Waals surface area (Å²) in [5, 5.41) is 31.3. The van der Waals surface area contributed by atoms with Crippen LogP contribution in [0.15, 0.2) is 54.8 Å². The van der Waals surface area contributed by atoms with E-state index in [-0.39, 0.29) is 17.5 Å². The minimum atomic E-state index is -1.12. The van der Waals surface area contributed by atoms with Crippen molar-refractivity contribution in [2.24, 2.45) is 5.41 Å². The Kier molecular flexibility index (Phi) is 4.68. The highest BCUT2D eigenvalue weighted by molar-refractivity contribution is 6.03. The van der Waals surface area contributed by atoms with Crippen LogP contribution in [0.4, 0.5) is 0 Å². The lowest BCUT2D eigenvalue weighted by molar-refractivity contribution is -0.0725. The van der Waals surface area contributed by atoms with Crippen molar-refractivity contribution in [2.45, 2.75) is 26.1 Å². The van der Waals surface area contributed by atoms with E-state index in [1.54, 1.807) is 38.1 Å². The van der Waals surface area contributed by atoms with Crippen molar-refractivity contribution in [3.8, 4) is 6.07 Å². The Balaban J connectivity index is 2.00. The van der Waals surface area contributed by atoms with E-state index in [2.05, 4.69) is 12.0 Å². The minimum Gasteiger partial charge on any atom is -0.494 e. The van der Waals surface area contributed by atoms with Gasteiger partial charge in [-0.25, -0.2) is 0 Å². The third kappa shape index (κ3) is 3.15. The summed E-state index contributed by atoms with van der Waals surface area (Å²) in [6.45, 7) is 7.28. The van der Waals surface area contributed by atoms with Gasteiger partial charge < -0.3 is 14.9 Å². The van der Waals surface area contributed by atoms with Crippen LogP contribution >= 0.6 is 0 Å². The number of hydrogen-bond donors (Lipinski definition) is 3. The van der Waals surface area contributed by atoms with Gasteiger partial charge in [0.2, 0.25) is 11.8 Å². The molecule has 0 spiro atoms. The lowest BCUT2D eigenvalue weighted by atomic mass is 9.69. The second kappa shape index (κ2) is 6.82. The molecule has 7 heteroatoms. The molecule has 0 saturated heterocycles. The number of allylic oxidation sites excluding steroid dienone is 2. The number of aliphatic hydroxyl groups excluding tert-OH is 2. The maximum Gasteiger partial charge on any atom is 0.206 e. The first kappa shape index (κ1) is 18.5. The van der Waals surface area contributed by atoms with Crippen molar-refractivity contribution in [3.05, 3.63) is 71.5 Å². The van der Waals surface area contributed by atoms with E-state index in [1.165, 1.54) is 17.2 Å². The van der Waals surface area contributed by atoms with Crippen molar-refractivity contribution in [2.75, 3.05) is 6.54 Å². The van der Waals surface area contributed by atoms with Crippen molar-refractivity contribution in [3.63, 3.8) is 0 Å². The Labute approximate surface area is 157 Å². The molecule has 1 heterocycles. The molecule has 1 aliphatic carbocycles. The lowest BCUT2D eigenvalue weighted by Gasteiger charge is -2.41. The summed E-state index contributed by atoms with van der Waals surface area (Å²) >= 11 is 0. The smallest absolute Gasteiger partial charge is 0.206 e. The number of fused-ring (bicyclic) bond motifs is 1. The van der Waals surface area contributed by atoms with Crippen LogP contribution in [-0.2, 0) is 4.74 Å². The third-order valence-corrected chi connectivity index (χ3v) is 4.81.